The third-order valence-corrected chi connectivity index (χ3v) is 9.88. The van der Waals surface area contributed by atoms with E-state index in [9.17, 15) is 24.3 Å². The van der Waals surface area contributed by atoms with Crippen LogP contribution in [-0.4, -0.2) is 46.1 Å². The van der Waals surface area contributed by atoms with Gasteiger partial charge in [0, 0.05) is 18.1 Å². The number of ether oxygens (including phenoxy) is 1. The highest BCUT2D eigenvalue weighted by Gasteiger charge is 2.39. The Morgan fingerprint density at radius 1 is 0.714 bits per heavy atom. The molecular formula is C41H45NO6S. The molecule has 0 aromatic heterocycles. The van der Waals surface area contributed by atoms with Gasteiger partial charge in [0.1, 0.15) is 5.60 Å². The lowest BCUT2D eigenvalue weighted by molar-refractivity contribution is -0.157. The average Bonchev–Trinajstić information content (AvgIpc) is 3.08. The molecule has 0 radical (unpaired) electrons. The molecule has 7 nitrogen and oxygen atoms in total. The number of rotatable bonds is 16. The van der Waals surface area contributed by atoms with Crippen LogP contribution >= 0.6 is 11.8 Å². The predicted octanol–water partition coefficient (Wildman–Crippen LogP) is 7.47. The normalized spacial score (nSPS) is 13.5. The zero-order chi connectivity index (χ0) is 35.4. The van der Waals surface area contributed by atoms with Crippen molar-refractivity contribution in [3.63, 3.8) is 0 Å². The van der Waals surface area contributed by atoms with Gasteiger partial charge in [-0.2, -0.15) is 0 Å². The topological polar surface area (TPSA) is 110 Å². The number of hydrogen-bond donors (Lipinski definition) is 2. The zero-order valence-corrected chi connectivity index (χ0v) is 29.3. The van der Waals surface area contributed by atoms with Gasteiger partial charge < -0.3 is 15.2 Å². The van der Waals surface area contributed by atoms with E-state index >= 15 is 0 Å². The lowest BCUT2D eigenvalue weighted by atomic mass is 9.84. The molecule has 0 fully saturated rings. The Labute approximate surface area is 293 Å². The van der Waals surface area contributed by atoms with Crippen molar-refractivity contribution >= 4 is 35.4 Å². The van der Waals surface area contributed by atoms with Crippen LogP contribution in [0.5, 0.6) is 0 Å². The van der Waals surface area contributed by atoms with Crippen molar-refractivity contribution in [1.82, 2.24) is 5.32 Å². The highest BCUT2D eigenvalue weighted by molar-refractivity contribution is 8.00. The van der Waals surface area contributed by atoms with Gasteiger partial charge in [0.05, 0.1) is 23.1 Å². The number of nitrogens with one attached hydrogen (secondary N) is 1. The minimum Gasteiger partial charge on any atom is -0.481 e. The highest BCUT2D eigenvalue weighted by Crippen LogP contribution is 2.49. The van der Waals surface area contributed by atoms with Crippen LogP contribution in [0, 0.1) is 11.8 Å². The molecule has 49 heavy (non-hydrogen) atoms. The molecule has 0 saturated heterocycles. The van der Waals surface area contributed by atoms with Gasteiger partial charge in [0.25, 0.3) is 0 Å². The van der Waals surface area contributed by atoms with E-state index in [1.54, 1.807) is 27.7 Å². The molecule has 0 heterocycles. The second-order valence-electron chi connectivity index (χ2n) is 13.2. The second kappa shape index (κ2) is 17.1. The van der Waals surface area contributed by atoms with Crippen LogP contribution in [-0.2, 0) is 35.1 Å². The first kappa shape index (κ1) is 37.1. The fourth-order valence-corrected chi connectivity index (χ4v) is 7.35. The van der Waals surface area contributed by atoms with Gasteiger partial charge in [0.15, 0.2) is 5.78 Å². The lowest BCUT2D eigenvalue weighted by Gasteiger charge is -2.36. The number of thioether (sulfide) groups is 1. The van der Waals surface area contributed by atoms with Gasteiger partial charge in [-0.05, 0) is 49.4 Å². The molecular weight excluding hydrogens is 635 g/mol. The van der Waals surface area contributed by atoms with E-state index in [1.807, 2.05) is 121 Å². The standard InChI is InChI=1S/C41H45NO6S/c1-29(25-37(44)48-40(2,3)4)38(45)42-35(26-30-17-9-5-10-18-30)36(43)27-31(39(46)47)28-49-41(32-19-11-6-12-20-32,33-21-13-7-14-22-33)34-23-15-8-16-24-34/h5-24,29,31,35H,25-28H2,1-4H3,(H,42,45)(H,46,47)/t29-,31-,35-/m0/s1. The number of Topliss-reactive ketones (excluding diaryl/α,β-unsaturated/α-hetero) is 1. The van der Waals surface area contributed by atoms with Crippen LogP contribution in [0.1, 0.15) is 62.8 Å². The largest absolute Gasteiger partial charge is 0.481 e. The fraction of sp³-hybridized carbons (Fsp3) is 0.317. The van der Waals surface area contributed by atoms with Crippen LogP contribution in [0.2, 0.25) is 0 Å². The zero-order valence-electron chi connectivity index (χ0n) is 28.5. The smallest absolute Gasteiger partial charge is 0.307 e. The molecule has 3 atom stereocenters. The Kier molecular flexibility index (Phi) is 13.0. The van der Waals surface area contributed by atoms with E-state index in [1.165, 1.54) is 11.8 Å². The molecule has 0 spiro atoms. The summed E-state index contributed by atoms with van der Waals surface area (Å²) in [6, 6.07) is 38.2. The minimum absolute atomic E-state index is 0.126. The number of aliphatic carboxylic acids is 1. The monoisotopic (exact) mass is 679 g/mol. The number of amides is 1. The molecule has 4 aromatic rings. The molecule has 0 aliphatic rings. The van der Waals surface area contributed by atoms with E-state index in [-0.39, 0.29) is 30.8 Å². The molecule has 0 saturated carbocycles. The van der Waals surface area contributed by atoms with E-state index in [0.29, 0.717) is 0 Å². The molecule has 0 aliphatic carbocycles. The minimum atomic E-state index is -1.09. The highest BCUT2D eigenvalue weighted by atomic mass is 32.2. The summed E-state index contributed by atoms with van der Waals surface area (Å²) < 4.78 is 4.63. The number of ketones is 1. The Bertz CT molecular complexity index is 1580. The molecule has 0 bridgehead atoms. The van der Waals surface area contributed by atoms with Crippen LogP contribution in [0.3, 0.4) is 0 Å². The fourth-order valence-electron chi connectivity index (χ4n) is 5.73. The summed E-state index contributed by atoms with van der Waals surface area (Å²) in [5.41, 5.74) is 3.09. The molecule has 4 aromatic carbocycles. The molecule has 2 N–H and O–H groups in total. The predicted molar refractivity (Wildman–Crippen MR) is 194 cm³/mol. The number of carbonyl (C=O) groups excluding carboxylic acids is 3. The van der Waals surface area contributed by atoms with Crippen molar-refractivity contribution in [2.45, 2.75) is 63.3 Å². The van der Waals surface area contributed by atoms with Crippen molar-refractivity contribution in [3.05, 3.63) is 144 Å². The van der Waals surface area contributed by atoms with Crippen LogP contribution in [0.4, 0.5) is 0 Å². The first-order chi connectivity index (χ1) is 23.4. The number of hydrogen-bond acceptors (Lipinski definition) is 6. The summed E-state index contributed by atoms with van der Waals surface area (Å²) in [6.45, 7) is 6.87. The summed E-state index contributed by atoms with van der Waals surface area (Å²) in [7, 11) is 0. The number of carboxylic acid groups (broad SMARTS) is 1. The number of benzene rings is 4. The lowest BCUT2D eigenvalue weighted by Crippen LogP contribution is -2.46. The SMILES string of the molecule is C[C@@H](CC(=O)OC(C)(C)C)C(=O)N[C@@H](Cc1ccccc1)C(=O)C[C@@H](CSC(c1ccccc1)(c1ccccc1)c1ccccc1)C(=O)O. The van der Waals surface area contributed by atoms with Crippen LogP contribution in [0.25, 0.3) is 0 Å². The van der Waals surface area contributed by atoms with E-state index in [2.05, 4.69) is 5.32 Å². The third-order valence-electron chi connectivity index (χ3n) is 8.17. The second-order valence-corrected chi connectivity index (χ2v) is 14.5. The molecule has 0 aliphatic heterocycles. The first-order valence-corrected chi connectivity index (χ1v) is 17.5. The third kappa shape index (κ3) is 10.4. The van der Waals surface area contributed by atoms with Crippen molar-refractivity contribution in [3.8, 4) is 0 Å². The Balaban J connectivity index is 1.60. The van der Waals surface area contributed by atoms with Gasteiger partial charge in [-0.3, -0.25) is 19.2 Å². The van der Waals surface area contributed by atoms with Crippen LogP contribution in [0.15, 0.2) is 121 Å². The van der Waals surface area contributed by atoms with Gasteiger partial charge in [-0.1, -0.05) is 128 Å². The Hall–Kier alpha value is -4.69. The van der Waals surface area contributed by atoms with Gasteiger partial charge in [-0.15, -0.1) is 11.8 Å². The summed E-state index contributed by atoms with van der Waals surface area (Å²) in [5, 5.41) is 13.3. The number of carboxylic acids is 1. The molecule has 1 amide bonds. The first-order valence-electron chi connectivity index (χ1n) is 16.5. The van der Waals surface area contributed by atoms with Crippen molar-refractivity contribution in [1.29, 1.82) is 0 Å². The maximum absolute atomic E-state index is 14.0. The Morgan fingerprint density at radius 2 is 1.16 bits per heavy atom. The van der Waals surface area contributed by atoms with Crippen molar-refractivity contribution < 1.29 is 29.0 Å². The van der Waals surface area contributed by atoms with E-state index in [0.717, 1.165) is 22.3 Å². The molecule has 0 unspecified atom stereocenters. The molecule has 256 valence electrons. The van der Waals surface area contributed by atoms with Crippen molar-refractivity contribution in [2.75, 3.05) is 5.75 Å². The maximum Gasteiger partial charge on any atom is 0.307 e. The summed E-state index contributed by atoms with van der Waals surface area (Å²) in [4.78, 5) is 52.5. The van der Waals surface area contributed by atoms with Gasteiger partial charge in [0.2, 0.25) is 5.91 Å². The summed E-state index contributed by atoms with van der Waals surface area (Å²) in [6.07, 6.45) is -0.245. The van der Waals surface area contributed by atoms with Gasteiger partial charge >= 0.3 is 11.9 Å². The van der Waals surface area contributed by atoms with E-state index < -0.39 is 46.1 Å². The number of carbonyl (C=O) groups is 4. The average molecular weight is 680 g/mol. The Morgan fingerprint density at radius 3 is 1.59 bits per heavy atom. The van der Waals surface area contributed by atoms with Gasteiger partial charge in [-0.25, -0.2) is 0 Å². The van der Waals surface area contributed by atoms with Crippen molar-refractivity contribution in [2.24, 2.45) is 11.8 Å². The number of esters is 1. The summed E-state index contributed by atoms with van der Waals surface area (Å²) >= 11 is 1.48. The summed E-state index contributed by atoms with van der Waals surface area (Å²) in [5.74, 6) is -4.13. The molecule has 4 rings (SSSR count). The maximum atomic E-state index is 14.0. The molecule has 8 heteroatoms. The van der Waals surface area contributed by atoms with Crippen LogP contribution < -0.4 is 5.32 Å². The quantitative estimate of drug-likeness (QED) is 0.0934. The van der Waals surface area contributed by atoms with E-state index in [4.69, 9.17) is 4.74 Å².